The Morgan fingerprint density at radius 2 is 2.06 bits per heavy atom. The first-order valence-corrected chi connectivity index (χ1v) is 8.05. The summed E-state index contributed by atoms with van der Waals surface area (Å²) in [6.45, 7) is 6.17. The first-order valence-electron chi connectivity index (χ1n) is 7.17. The van der Waals surface area contributed by atoms with Gasteiger partial charge in [-0.1, -0.05) is 45.1 Å². The molecule has 1 aromatic rings. The predicted octanol–water partition coefficient (Wildman–Crippen LogP) is 3.92. The second-order valence-corrected chi connectivity index (χ2v) is 6.39. The highest BCUT2D eigenvalue weighted by atomic mass is 32.1. The zero-order chi connectivity index (χ0) is 13.3. The maximum atomic E-state index is 5.93. The lowest BCUT2D eigenvalue weighted by Crippen LogP contribution is -2.48. The van der Waals surface area contributed by atoms with Gasteiger partial charge in [-0.2, -0.15) is 0 Å². The number of nitrogens with one attached hydrogen (secondary N) is 1. The van der Waals surface area contributed by atoms with Gasteiger partial charge in [0.1, 0.15) is 0 Å². The van der Waals surface area contributed by atoms with E-state index in [-0.39, 0.29) is 5.54 Å². The van der Waals surface area contributed by atoms with Crippen molar-refractivity contribution in [2.75, 3.05) is 6.54 Å². The van der Waals surface area contributed by atoms with Crippen LogP contribution in [0.3, 0.4) is 0 Å². The van der Waals surface area contributed by atoms with Crippen molar-refractivity contribution in [3.8, 4) is 0 Å². The van der Waals surface area contributed by atoms with Crippen molar-refractivity contribution in [2.24, 2.45) is 5.73 Å². The van der Waals surface area contributed by atoms with Crippen LogP contribution >= 0.6 is 11.3 Å². The monoisotopic (exact) mass is 268 g/mol. The topological polar surface area (TPSA) is 38.0 Å². The van der Waals surface area contributed by atoms with Gasteiger partial charge in [-0.05, 0) is 24.8 Å². The molecular weight excluding hydrogens is 240 g/mol. The maximum absolute atomic E-state index is 5.93. The Kier molecular flexibility index (Phi) is 7.56. The molecule has 0 bridgehead atoms. The van der Waals surface area contributed by atoms with E-state index in [0.717, 1.165) is 6.54 Å². The summed E-state index contributed by atoms with van der Waals surface area (Å²) in [4.78, 5) is 1.39. The largest absolute Gasteiger partial charge is 0.329 e. The number of nitrogens with two attached hydrogens (primary N) is 1. The average molecular weight is 268 g/mol. The van der Waals surface area contributed by atoms with Crippen molar-refractivity contribution in [1.82, 2.24) is 5.32 Å². The molecule has 0 amide bonds. The molecule has 0 aliphatic carbocycles. The summed E-state index contributed by atoms with van der Waals surface area (Å²) in [6.07, 6.45) is 7.84. The first kappa shape index (κ1) is 15.7. The van der Waals surface area contributed by atoms with Gasteiger partial charge in [0.25, 0.3) is 0 Å². The quantitative estimate of drug-likeness (QED) is 0.631. The number of rotatable bonds is 10. The minimum Gasteiger partial charge on any atom is -0.329 e. The number of thiophene rings is 1. The summed E-state index contributed by atoms with van der Waals surface area (Å²) in [5.74, 6) is 0. The van der Waals surface area contributed by atoms with Crippen LogP contribution in [0.2, 0.25) is 0 Å². The van der Waals surface area contributed by atoms with E-state index in [0.29, 0.717) is 6.54 Å². The Hall–Kier alpha value is -0.380. The second kappa shape index (κ2) is 8.68. The minimum absolute atomic E-state index is 0.0935. The molecule has 0 saturated heterocycles. The van der Waals surface area contributed by atoms with E-state index in [4.69, 9.17) is 5.73 Å². The van der Waals surface area contributed by atoms with Crippen molar-refractivity contribution in [3.63, 3.8) is 0 Å². The van der Waals surface area contributed by atoms with Crippen LogP contribution in [-0.2, 0) is 6.54 Å². The van der Waals surface area contributed by atoms with Crippen molar-refractivity contribution in [2.45, 2.75) is 64.5 Å². The van der Waals surface area contributed by atoms with Crippen LogP contribution in [0.5, 0.6) is 0 Å². The molecule has 104 valence electrons. The summed E-state index contributed by atoms with van der Waals surface area (Å²) in [6, 6.07) is 4.28. The summed E-state index contributed by atoms with van der Waals surface area (Å²) in [7, 11) is 0. The molecule has 1 unspecified atom stereocenters. The van der Waals surface area contributed by atoms with Gasteiger partial charge in [0.15, 0.2) is 0 Å². The molecule has 0 fully saturated rings. The molecular formula is C15H28N2S. The van der Waals surface area contributed by atoms with Crippen LogP contribution in [0.15, 0.2) is 17.5 Å². The Labute approximate surface area is 116 Å². The molecule has 1 heterocycles. The summed E-state index contributed by atoms with van der Waals surface area (Å²) in [5, 5.41) is 5.75. The Morgan fingerprint density at radius 3 is 2.67 bits per heavy atom. The Balaban J connectivity index is 2.23. The highest BCUT2D eigenvalue weighted by molar-refractivity contribution is 7.09. The van der Waals surface area contributed by atoms with Gasteiger partial charge in [0.2, 0.25) is 0 Å². The van der Waals surface area contributed by atoms with Crippen molar-refractivity contribution in [1.29, 1.82) is 0 Å². The molecule has 0 spiro atoms. The molecule has 0 radical (unpaired) electrons. The molecule has 0 saturated carbocycles. The van der Waals surface area contributed by atoms with E-state index in [1.165, 1.54) is 43.4 Å². The summed E-state index contributed by atoms with van der Waals surface area (Å²) < 4.78 is 0. The fraction of sp³-hybridized carbons (Fsp3) is 0.733. The SMILES string of the molecule is CCCCCCCC(C)(CN)NCc1cccs1. The van der Waals surface area contributed by atoms with E-state index in [1.54, 1.807) is 11.3 Å². The number of hydrogen-bond acceptors (Lipinski definition) is 3. The van der Waals surface area contributed by atoms with Gasteiger partial charge in [0.05, 0.1) is 0 Å². The first-order chi connectivity index (χ1) is 8.70. The molecule has 1 atom stereocenters. The zero-order valence-electron chi connectivity index (χ0n) is 11.9. The fourth-order valence-electron chi connectivity index (χ4n) is 2.10. The van der Waals surface area contributed by atoms with Gasteiger partial charge in [-0.25, -0.2) is 0 Å². The second-order valence-electron chi connectivity index (χ2n) is 5.36. The van der Waals surface area contributed by atoms with Gasteiger partial charge in [-0.3, -0.25) is 0 Å². The van der Waals surface area contributed by atoms with E-state index >= 15 is 0 Å². The third-order valence-electron chi connectivity index (χ3n) is 3.55. The van der Waals surface area contributed by atoms with Crippen LogP contribution in [0.25, 0.3) is 0 Å². The van der Waals surface area contributed by atoms with Crippen molar-refractivity contribution < 1.29 is 0 Å². The van der Waals surface area contributed by atoms with Gasteiger partial charge in [0, 0.05) is 23.5 Å². The van der Waals surface area contributed by atoms with Gasteiger partial charge >= 0.3 is 0 Å². The molecule has 0 aliphatic rings. The molecule has 3 N–H and O–H groups in total. The third kappa shape index (κ3) is 5.98. The van der Waals surface area contributed by atoms with Crippen LogP contribution in [-0.4, -0.2) is 12.1 Å². The highest BCUT2D eigenvalue weighted by Gasteiger charge is 2.20. The van der Waals surface area contributed by atoms with Crippen LogP contribution < -0.4 is 11.1 Å². The van der Waals surface area contributed by atoms with Gasteiger partial charge in [-0.15, -0.1) is 11.3 Å². The minimum atomic E-state index is 0.0935. The van der Waals surface area contributed by atoms with Crippen LogP contribution in [0, 0.1) is 0 Å². The van der Waals surface area contributed by atoms with Crippen molar-refractivity contribution >= 4 is 11.3 Å². The van der Waals surface area contributed by atoms with Crippen LogP contribution in [0.1, 0.15) is 57.2 Å². The van der Waals surface area contributed by atoms with Crippen molar-refractivity contribution in [3.05, 3.63) is 22.4 Å². The molecule has 1 rings (SSSR count). The predicted molar refractivity (Wildman–Crippen MR) is 82.0 cm³/mol. The van der Waals surface area contributed by atoms with Gasteiger partial charge < -0.3 is 11.1 Å². The molecule has 0 aliphatic heterocycles. The van der Waals surface area contributed by atoms with Crippen LogP contribution in [0.4, 0.5) is 0 Å². The fourth-order valence-corrected chi connectivity index (χ4v) is 2.74. The normalized spacial score (nSPS) is 14.6. The van der Waals surface area contributed by atoms with E-state index < -0.39 is 0 Å². The zero-order valence-corrected chi connectivity index (χ0v) is 12.7. The standard InChI is InChI=1S/C15H28N2S/c1-3-4-5-6-7-10-15(2,13-16)17-12-14-9-8-11-18-14/h8-9,11,17H,3-7,10,12-13,16H2,1-2H3. The third-order valence-corrected chi connectivity index (χ3v) is 4.43. The van der Waals surface area contributed by atoms with E-state index in [2.05, 4.69) is 36.7 Å². The Bertz CT molecular complexity index is 297. The maximum Gasteiger partial charge on any atom is 0.0305 e. The Morgan fingerprint density at radius 1 is 1.28 bits per heavy atom. The smallest absolute Gasteiger partial charge is 0.0305 e. The molecule has 0 aromatic carbocycles. The lowest BCUT2D eigenvalue weighted by molar-refractivity contribution is 0.325. The number of unbranched alkanes of at least 4 members (excludes halogenated alkanes) is 4. The van der Waals surface area contributed by atoms with E-state index in [9.17, 15) is 0 Å². The van der Waals surface area contributed by atoms with E-state index in [1.807, 2.05) is 0 Å². The molecule has 18 heavy (non-hydrogen) atoms. The molecule has 1 aromatic heterocycles. The highest BCUT2D eigenvalue weighted by Crippen LogP contribution is 2.17. The summed E-state index contributed by atoms with van der Waals surface area (Å²) >= 11 is 1.81. The molecule has 3 heteroatoms. The summed E-state index contributed by atoms with van der Waals surface area (Å²) in [5.41, 5.74) is 6.02. The molecule has 2 nitrogen and oxygen atoms in total. The average Bonchev–Trinajstić information content (AvgIpc) is 2.89. The lowest BCUT2D eigenvalue weighted by Gasteiger charge is -2.29. The lowest BCUT2D eigenvalue weighted by atomic mass is 9.94. The number of hydrogen-bond donors (Lipinski definition) is 2.